The van der Waals surface area contributed by atoms with E-state index in [0.717, 1.165) is 32.3 Å². The first-order chi connectivity index (χ1) is 16.6. The van der Waals surface area contributed by atoms with Crippen molar-refractivity contribution >= 4 is 57.2 Å². The minimum Gasteiger partial charge on any atom is -0.497 e. The predicted octanol–water partition coefficient (Wildman–Crippen LogP) is 7.58. The van der Waals surface area contributed by atoms with E-state index in [1.165, 1.54) is 21.2 Å². The molecule has 6 heteroatoms. The van der Waals surface area contributed by atoms with Gasteiger partial charge in [0.25, 0.3) is 0 Å². The molecular weight excluding hydrogens is 460 g/mol. The Morgan fingerprint density at radius 2 is 1.56 bits per heavy atom. The van der Waals surface area contributed by atoms with Gasteiger partial charge in [0.15, 0.2) is 0 Å². The molecule has 3 aromatic carbocycles. The van der Waals surface area contributed by atoms with Crippen molar-refractivity contribution in [2.75, 3.05) is 26.2 Å². The average molecular weight is 485 g/mol. The lowest BCUT2D eigenvalue weighted by Crippen LogP contribution is -2.09. The summed E-state index contributed by atoms with van der Waals surface area (Å²) < 4.78 is 11.7. The second-order valence-corrected chi connectivity index (χ2v) is 9.87. The van der Waals surface area contributed by atoms with Crippen LogP contribution in [0.25, 0.3) is 28.4 Å². The number of allylic oxidation sites excluding steroid dienone is 2. The maximum absolute atomic E-state index is 5.30. The highest BCUT2D eigenvalue weighted by Gasteiger charge is 2.21. The van der Waals surface area contributed by atoms with Crippen LogP contribution in [-0.4, -0.2) is 26.3 Å². The van der Waals surface area contributed by atoms with Crippen LogP contribution in [0.15, 0.2) is 82.7 Å². The van der Waals surface area contributed by atoms with Crippen molar-refractivity contribution in [3.8, 4) is 11.5 Å². The number of aromatic nitrogens is 1. The van der Waals surface area contributed by atoms with Crippen molar-refractivity contribution in [2.24, 2.45) is 0 Å². The monoisotopic (exact) mass is 484 g/mol. The standard InChI is InChI=1S/C28H24N2O2S2/c1-30-24-15-11-20(8-7-19-9-12-21(31-2)13-10-19)17-26(24)34-28(30)6-4-5-27-29-23-18-22(32-3)14-16-25(23)33-27/h4-18H,1-3H3/b5-4+,8-7+,28-6-. The number of nitrogens with zero attached hydrogens (tertiary/aromatic N) is 2. The number of methoxy groups -OCH3 is 2. The molecule has 0 saturated carbocycles. The molecule has 0 radical (unpaired) electrons. The Labute approximate surface area is 207 Å². The molecule has 0 unspecified atom stereocenters. The number of thiazole rings is 1. The molecule has 4 nitrogen and oxygen atoms in total. The molecule has 0 aliphatic carbocycles. The fourth-order valence-electron chi connectivity index (χ4n) is 3.68. The maximum atomic E-state index is 5.30. The zero-order valence-electron chi connectivity index (χ0n) is 19.2. The summed E-state index contributed by atoms with van der Waals surface area (Å²) in [6.07, 6.45) is 10.5. The summed E-state index contributed by atoms with van der Waals surface area (Å²) in [5, 5.41) is 2.17. The van der Waals surface area contributed by atoms with E-state index in [1.54, 1.807) is 37.3 Å². The molecule has 4 aromatic rings. The Morgan fingerprint density at radius 1 is 0.824 bits per heavy atom. The Hall–Kier alpha value is -3.48. The lowest BCUT2D eigenvalue weighted by Gasteiger charge is -2.12. The summed E-state index contributed by atoms with van der Waals surface area (Å²) in [7, 11) is 5.46. The van der Waals surface area contributed by atoms with Gasteiger partial charge in [-0.15, -0.1) is 11.3 Å². The van der Waals surface area contributed by atoms with Crippen LogP contribution in [0.3, 0.4) is 0 Å². The fourth-order valence-corrected chi connectivity index (χ4v) is 5.66. The van der Waals surface area contributed by atoms with E-state index in [2.05, 4.69) is 78.7 Å². The molecule has 1 aliphatic rings. The van der Waals surface area contributed by atoms with Gasteiger partial charge < -0.3 is 14.4 Å². The largest absolute Gasteiger partial charge is 0.497 e. The van der Waals surface area contributed by atoms with E-state index >= 15 is 0 Å². The number of thioether (sulfide) groups is 1. The average Bonchev–Trinajstić information content (AvgIpc) is 3.42. The quantitative estimate of drug-likeness (QED) is 0.264. The summed E-state index contributed by atoms with van der Waals surface area (Å²) in [5.41, 5.74) is 4.51. The number of anilines is 1. The highest BCUT2D eigenvalue weighted by molar-refractivity contribution is 8.03. The van der Waals surface area contributed by atoms with Gasteiger partial charge in [-0.25, -0.2) is 4.98 Å². The minimum atomic E-state index is 0.829. The molecule has 0 amide bonds. The molecule has 1 aromatic heterocycles. The molecule has 0 saturated heterocycles. The molecule has 1 aliphatic heterocycles. The molecular formula is C28H24N2O2S2. The van der Waals surface area contributed by atoms with Gasteiger partial charge in [0.05, 0.1) is 35.2 Å². The van der Waals surface area contributed by atoms with Crippen molar-refractivity contribution in [3.63, 3.8) is 0 Å². The summed E-state index contributed by atoms with van der Waals surface area (Å²) in [6.45, 7) is 0. The number of benzene rings is 3. The smallest absolute Gasteiger partial charge is 0.121 e. The van der Waals surface area contributed by atoms with Crippen LogP contribution in [0.1, 0.15) is 16.1 Å². The fraction of sp³-hybridized carbons (Fsp3) is 0.107. The number of hydrogen-bond donors (Lipinski definition) is 0. The van der Waals surface area contributed by atoms with Crippen LogP contribution < -0.4 is 14.4 Å². The summed E-state index contributed by atoms with van der Waals surface area (Å²) in [6, 6.07) is 20.6. The van der Waals surface area contributed by atoms with Crippen LogP contribution in [0.5, 0.6) is 11.5 Å². The van der Waals surface area contributed by atoms with Gasteiger partial charge in [0.1, 0.15) is 16.5 Å². The molecule has 0 N–H and O–H groups in total. The van der Waals surface area contributed by atoms with Gasteiger partial charge >= 0.3 is 0 Å². The third-order valence-electron chi connectivity index (χ3n) is 5.56. The van der Waals surface area contributed by atoms with Gasteiger partial charge in [-0.1, -0.05) is 48.2 Å². The first kappa shape index (κ1) is 22.3. The van der Waals surface area contributed by atoms with E-state index in [4.69, 9.17) is 14.5 Å². The predicted molar refractivity (Wildman–Crippen MR) is 146 cm³/mol. The second kappa shape index (κ2) is 9.79. The Kier molecular flexibility index (Phi) is 6.43. The van der Waals surface area contributed by atoms with E-state index in [9.17, 15) is 0 Å². The zero-order chi connectivity index (χ0) is 23.5. The van der Waals surface area contributed by atoms with Crippen molar-refractivity contribution in [1.29, 1.82) is 0 Å². The van der Waals surface area contributed by atoms with Crippen LogP contribution in [0, 0.1) is 0 Å². The summed E-state index contributed by atoms with van der Waals surface area (Å²) in [5.74, 6) is 1.70. The van der Waals surface area contributed by atoms with E-state index < -0.39 is 0 Å². The van der Waals surface area contributed by atoms with Crippen LogP contribution in [0.2, 0.25) is 0 Å². The molecule has 2 heterocycles. The van der Waals surface area contributed by atoms with Gasteiger partial charge in [-0.3, -0.25) is 0 Å². The van der Waals surface area contributed by atoms with Crippen LogP contribution in [0.4, 0.5) is 5.69 Å². The molecule has 0 spiro atoms. The molecule has 170 valence electrons. The minimum absolute atomic E-state index is 0.829. The highest BCUT2D eigenvalue weighted by Crippen LogP contribution is 2.45. The zero-order valence-corrected chi connectivity index (χ0v) is 20.8. The Morgan fingerprint density at radius 3 is 2.35 bits per heavy atom. The lowest BCUT2D eigenvalue weighted by atomic mass is 10.1. The van der Waals surface area contributed by atoms with E-state index in [1.807, 2.05) is 24.3 Å². The molecule has 0 bridgehead atoms. The Bertz CT molecular complexity index is 1420. The van der Waals surface area contributed by atoms with Gasteiger partial charge in [0.2, 0.25) is 0 Å². The molecule has 0 atom stereocenters. The maximum Gasteiger partial charge on any atom is 0.121 e. The first-order valence-electron chi connectivity index (χ1n) is 10.8. The SMILES string of the molecule is COc1ccc(/C=C/c2ccc3c(c2)S/C(=C\C=C\c2nc4cc(OC)ccc4s2)N3C)cc1. The van der Waals surface area contributed by atoms with Crippen molar-refractivity contribution in [1.82, 2.24) is 4.98 Å². The van der Waals surface area contributed by atoms with Crippen molar-refractivity contribution < 1.29 is 9.47 Å². The number of rotatable bonds is 6. The summed E-state index contributed by atoms with van der Waals surface area (Å²) >= 11 is 3.46. The molecule has 5 rings (SSSR count). The van der Waals surface area contributed by atoms with Crippen LogP contribution >= 0.6 is 23.1 Å². The number of hydrogen-bond acceptors (Lipinski definition) is 6. The van der Waals surface area contributed by atoms with E-state index in [0.29, 0.717) is 0 Å². The third kappa shape index (κ3) is 4.74. The van der Waals surface area contributed by atoms with Crippen LogP contribution in [-0.2, 0) is 0 Å². The van der Waals surface area contributed by atoms with E-state index in [-0.39, 0.29) is 0 Å². The van der Waals surface area contributed by atoms with Gasteiger partial charge in [-0.2, -0.15) is 0 Å². The first-order valence-corrected chi connectivity index (χ1v) is 12.5. The second-order valence-electron chi connectivity index (χ2n) is 7.74. The number of fused-ring (bicyclic) bond motifs is 2. The summed E-state index contributed by atoms with van der Waals surface area (Å²) in [4.78, 5) is 8.18. The highest BCUT2D eigenvalue weighted by atomic mass is 32.2. The van der Waals surface area contributed by atoms with Crippen molar-refractivity contribution in [2.45, 2.75) is 4.90 Å². The normalized spacial score (nSPS) is 14.6. The van der Waals surface area contributed by atoms with Crippen molar-refractivity contribution in [3.05, 3.63) is 94.0 Å². The number of ether oxygens (including phenoxy) is 2. The third-order valence-corrected chi connectivity index (χ3v) is 7.73. The lowest BCUT2D eigenvalue weighted by molar-refractivity contribution is 0.415. The van der Waals surface area contributed by atoms with Gasteiger partial charge in [0, 0.05) is 18.0 Å². The van der Waals surface area contributed by atoms with Gasteiger partial charge in [-0.05, 0) is 59.7 Å². The topological polar surface area (TPSA) is 34.6 Å². The molecule has 0 fully saturated rings. The molecule has 34 heavy (non-hydrogen) atoms. The Balaban J connectivity index is 1.29.